The maximum atomic E-state index is 12.5. The van der Waals surface area contributed by atoms with E-state index in [0.29, 0.717) is 10.2 Å². The van der Waals surface area contributed by atoms with Gasteiger partial charge < -0.3 is 15.6 Å². The number of hydrogen-bond donors (Lipinski definition) is 2. The molecule has 1 fully saturated rings. The summed E-state index contributed by atoms with van der Waals surface area (Å²) in [6.07, 6.45) is -0.476. The van der Waals surface area contributed by atoms with Gasteiger partial charge in [0.1, 0.15) is 0 Å². The van der Waals surface area contributed by atoms with E-state index in [-0.39, 0.29) is 31.2 Å². The molecule has 6 nitrogen and oxygen atoms in total. The fourth-order valence-electron chi connectivity index (χ4n) is 1.89. The second-order valence-corrected chi connectivity index (χ2v) is 6.99. The Morgan fingerprint density at radius 3 is 2.89 bits per heavy atom. The van der Waals surface area contributed by atoms with E-state index < -0.39 is 16.1 Å². The van der Waals surface area contributed by atoms with Gasteiger partial charge in [0.25, 0.3) is 0 Å². The van der Waals surface area contributed by atoms with Crippen molar-refractivity contribution in [2.24, 2.45) is 0 Å². The third-order valence-electron chi connectivity index (χ3n) is 2.88. The average Bonchev–Trinajstić information content (AvgIpc) is 2.38. The summed E-state index contributed by atoms with van der Waals surface area (Å²) < 4.78 is 32.0. The molecule has 106 valence electrons. The van der Waals surface area contributed by atoms with Crippen LogP contribution in [-0.2, 0) is 14.8 Å². The summed E-state index contributed by atoms with van der Waals surface area (Å²) >= 11 is 3.22. The molecule has 1 aromatic rings. The van der Waals surface area contributed by atoms with Gasteiger partial charge in [-0.3, -0.25) is 0 Å². The lowest BCUT2D eigenvalue weighted by Gasteiger charge is -2.31. The first kappa shape index (κ1) is 14.7. The zero-order valence-corrected chi connectivity index (χ0v) is 12.5. The number of hydrogen-bond acceptors (Lipinski definition) is 5. The van der Waals surface area contributed by atoms with E-state index in [2.05, 4.69) is 15.9 Å². The molecule has 1 aliphatic heterocycles. The molecule has 1 aliphatic rings. The minimum atomic E-state index is -3.61. The molecule has 0 saturated carbocycles. The van der Waals surface area contributed by atoms with Crippen LogP contribution in [0.15, 0.2) is 27.6 Å². The molecule has 1 atom stereocenters. The summed E-state index contributed by atoms with van der Waals surface area (Å²) in [5.41, 5.74) is 6.09. The van der Waals surface area contributed by atoms with Crippen molar-refractivity contribution in [3.63, 3.8) is 0 Å². The third kappa shape index (κ3) is 3.09. The van der Waals surface area contributed by atoms with Gasteiger partial charge in [0.2, 0.25) is 10.0 Å². The predicted molar refractivity (Wildman–Crippen MR) is 74.1 cm³/mol. The fraction of sp³-hybridized carbons (Fsp3) is 0.455. The number of benzene rings is 1. The average molecular weight is 351 g/mol. The number of nitrogens with two attached hydrogens (primary N) is 1. The van der Waals surface area contributed by atoms with Crippen LogP contribution in [0.1, 0.15) is 0 Å². The van der Waals surface area contributed by atoms with Gasteiger partial charge in [0.15, 0.2) is 0 Å². The van der Waals surface area contributed by atoms with Crippen molar-refractivity contribution < 1.29 is 18.3 Å². The van der Waals surface area contributed by atoms with Crippen molar-refractivity contribution >= 4 is 31.6 Å². The molecule has 0 spiro atoms. The number of rotatable bonds is 3. The number of sulfonamides is 1. The van der Waals surface area contributed by atoms with E-state index in [1.807, 2.05) is 0 Å². The highest BCUT2D eigenvalue weighted by Gasteiger charge is 2.31. The molecular weight excluding hydrogens is 336 g/mol. The van der Waals surface area contributed by atoms with Crippen LogP contribution in [0.3, 0.4) is 0 Å². The van der Waals surface area contributed by atoms with Gasteiger partial charge >= 0.3 is 0 Å². The number of aliphatic hydroxyl groups is 1. The highest BCUT2D eigenvalue weighted by molar-refractivity contribution is 9.10. The monoisotopic (exact) mass is 350 g/mol. The molecule has 0 aliphatic carbocycles. The minimum absolute atomic E-state index is 0.148. The molecule has 3 N–H and O–H groups in total. The van der Waals surface area contributed by atoms with Gasteiger partial charge in [0.05, 0.1) is 24.2 Å². The van der Waals surface area contributed by atoms with Crippen LogP contribution in [0.25, 0.3) is 0 Å². The van der Waals surface area contributed by atoms with Crippen molar-refractivity contribution in [2.45, 2.75) is 11.0 Å². The highest BCUT2D eigenvalue weighted by Crippen LogP contribution is 2.27. The number of ether oxygens (including phenoxy) is 1. The van der Waals surface area contributed by atoms with E-state index in [9.17, 15) is 8.42 Å². The Balaban J connectivity index is 2.31. The molecule has 1 unspecified atom stereocenters. The smallest absolute Gasteiger partial charge is 0.244 e. The number of anilines is 1. The number of nitrogens with zero attached hydrogens (tertiary/aromatic N) is 1. The Hall–Kier alpha value is -0.670. The van der Waals surface area contributed by atoms with Crippen molar-refractivity contribution in [1.29, 1.82) is 0 Å². The van der Waals surface area contributed by atoms with Crippen molar-refractivity contribution in [3.8, 4) is 0 Å². The molecule has 2 rings (SSSR count). The molecule has 0 amide bonds. The van der Waals surface area contributed by atoms with Gasteiger partial charge in [-0.05, 0) is 34.1 Å². The van der Waals surface area contributed by atoms with Gasteiger partial charge in [-0.1, -0.05) is 0 Å². The predicted octanol–water partition coefficient (Wildman–Crippen LogP) is 0.413. The quantitative estimate of drug-likeness (QED) is 0.770. The van der Waals surface area contributed by atoms with Crippen LogP contribution in [-0.4, -0.2) is 50.2 Å². The Bertz CT molecular complexity index is 564. The largest absolute Gasteiger partial charge is 0.399 e. The number of halogens is 1. The first-order valence-electron chi connectivity index (χ1n) is 5.73. The van der Waals surface area contributed by atoms with Gasteiger partial charge in [-0.2, -0.15) is 4.31 Å². The number of nitrogen functional groups attached to an aromatic ring is 1. The SMILES string of the molecule is Nc1ccc(S(=O)(=O)N2CCOC(CO)C2)c(Br)c1. The molecule has 8 heteroatoms. The molecule has 0 aromatic heterocycles. The Morgan fingerprint density at radius 1 is 1.53 bits per heavy atom. The maximum Gasteiger partial charge on any atom is 0.244 e. The van der Waals surface area contributed by atoms with E-state index in [1.54, 1.807) is 12.1 Å². The molecule has 1 heterocycles. The Labute approximate surface area is 120 Å². The van der Waals surface area contributed by atoms with E-state index in [4.69, 9.17) is 15.6 Å². The molecule has 1 saturated heterocycles. The summed E-state index contributed by atoms with van der Waals surface area (Å²) in [6, 6.07) is 4.57. The van der Waals surface area contributed by atoms with Gasteiger partial charge in [0, 0.05) is 23.2 Å². The van der Waals surface area contributed by atoms with Crippen LogP contribution >= 0.6 is 15.9 Å². The van der Waals surface area contributed by atoms with Gasteiger partial charge in [-0.15, -0.1) is 0 Å². The van der Waals surface area contributed by atoms with Crippen molar-refractivity contribution in [2.75, 3.05) is 32.0 Å². The van der Waals surface area contributed by atoms with Crippen LogP contribution in [0.4, 0.5) is 5.69 Å². The van der Waals surface area contributed by atoms with E-state index in [0.717, 1.165) is 0 Å². The van der Waals surface area contributed by atoms with Crippen LogP contribution in [0.2, 0.25) is 0 Å². The first-order valence-corrected chi connectivity index (χ1v) is 7.96. The summed E-state index contributed by atoms with van der Waals surface area (Å²) in [6.45, 7) is 0.497. The molecular formula is C11H15BrN2O4S. The van der Waals surface area contributed by atoms with Crippen LogP contribution in [0.5, 0.6) is 0 Å². The zero-order chi connectivity index (χ0) is 14.0. The Morgan fingerprint density at radius 2 is 2.26 bits per heavy atom. The first-order chi connectivity index (χ1) is 8.95. The normalized spacial score (nSPS) is 21.5. The zero-order valence-electron chi connectivity index (χ0n) is 10.1. The molecule has 0 radical (unpaired) electrons. The van der Waals surface area contributed by atoms with Crippen molar-refractivity contribution in [1.82, 2.24) is 4.31 Å². The molecule has 0 bridgehead atoms. The van der Waals surface area contributed by atoms with Crippen LogP contribution < -0.4 is 5.73 Å². The summed E-state index contributed by atoms with van der Waals surface area (Å²) in [4.78, 5) is 0.167. The Kier molecular flexibility index (Phi) is 4.46. The second-order valence-electron chi connectivity index (χ2n) is 4.23. The molecule has 1 aromatic carbocycles. The summed E-state index contributed by atoms with van der Waals surface area (Å²) in [5.74, 6) is 0. The second kappa shape index (κ2) is 5.76. The maximum absolute atomic E-state index is 12.5. The lowest BCUT2D eigenvalue weighted by Crippen LogP contribution is -2.46. The van der Waals surface area contributed by atoms with E-state index >= 15 is 0 Å². The van der Waals surface area contributed by atoms with Crippen molar-refractivity contribution in [3.05, 3.63) is 22.7 Å². The summed E-state index contributed by atoms with van der Waals surface area (Å²) in [5, 5.41) is 9.06. The third-order valence-corrected chi connectivity index (χ3v) is 5.72. The number of morpholine rings is 1. The van der Waals surface area contributed by atoms with Gasteiger partial charge in [-0.25, -0.2) is 8.42 Å². The number of aliphatic hydroxyl groups excluding tert-OH is 1. The lowest BCUT2D eigenvalue weighted by atomic mass is 10.3. The molecule has 19 heavy (non-hydrogen) atoms. The lowest BCUT2D eigenvalue weighted by molar-refractivity contribution is -0.0304. The standard InChI is InChI=1S/C11H15BrN2O4S/c12-10-5-8(13)1-2-11(10)19(16,17)14-3-4-18-9(6-14)7-15/h1-2,5,9,15H,3-4,6-7,13H2. The fourth-order valence-corrected chi connectivity index (χ4v) is 4.40. The summed E-state index contributed by atoms with van der Waals surface area (Å²) in [7, 11) is -3.61. The minimum Gasteiger partial charge on any atom is -0.399 e. The van der Waals surface area contributed by atoms with Crippen LogP contribution in [0, 0.1) is 0 Å². The van der Waals surface area contributed by atoms with E-state index in [1.165, 1.54) is 10.4 Å². The highest BCUT2D eigenvalue weighted by atomic mass is 79.9. The topological polar surface area (TPSA) is 92.9 Å².